The molecule has 1 fully saturated rings. The maximum atomic E-state index is 5.21. The molecule has 74 valence electrons. The second-order valence-corrected chi connectivity index (χ2v) is 3.60. The highest BCUT2D eigenvalue weighted by Crippen LogP contribution is 2.41. The Kier molecular flexibility index (Phi) is 5.51. The van der Waals surface area contributed by atoms with E-state index < -0.39 is 0 Å². The van der Waals surface area contributed by atoms with Crippen molar-refractivity contribution in [1.82, 2.24) is 5.32 Å². The SMILES string of the molecule is C.CNC[C@@H]1C[C@@H]1C[C@H](C)OC. The van der Waals surface area contributed by atoms with Crippen LogP contribution in [0.3, 0.4) is 0 Å². The predicted molar refractivity (Wildman–Crippen MR) is 53.3 cm³/mol. The number of hydrogen-bond donors (Lipinski definition) is 1. The van der Waals surface area contributed by atoms with Crippen LogP contribution in [-0.4, -0.2) is 26.8 Å². The maximum absolute atomic E-state index is 5.21. The van der Waals surface area contributed by atoms with Crippen LogP contribution in [0.25, 0.3) is 0 Å². The topological polar surface area (TPSA) is 21.3 Å². The van der Waals surface area contributed by atoms with E-state index in [4.69, 9.17) is 4.74 Å². The van der Waals surface area contributed by atoms with Crippen LogP contribution in [0.4, 0.5) is 0 Å². The van der Waals surface area contributed by atoms with E-state index in [-0.39, 0.29) is 7.43 Å². The standard InChI is InChI=1S/C9H19NO.CH4/c1-7(11-3)4-8-5-9(8)6-10-2;/h7-10H,4-6H2,1-3H3;1H4/t7-,8-,9-;/m0./s1. The van der Waals surface area contributed by atoms with Crippen molar-refractivity contribution in [2.45, 2.75) is 33.3 Å². The summed E-state index contributed by atoms with van der Waals surface area (Å²) in [6.07, 6.45) is 3.08. The molecule has 0 aromatic carbocycles. The molecule has 1 rings (SSSR count). The molecule has 0 spiro atoms. The third kappa shape index (κ3) is 3.55. The molecule has 3 atom stereocenters. The van der Waals surface area contributed by atoms with Gasteiger partial charge in [0.05, 0.1) is 6.10 Å². The van der Waals surface area contributed by atoms with E-state index >= 15 is 0 Å². The first-order chi connectivity index (χ1) is 5.27. The van der Waals surface area contributed by atoms with Gasteiger partial charge < -0.3 is 10.1 Å². The molecule has 2 heteroatoms. The normalized spacial score (nSPS) is 29.2. The lowest BCUT2D eigenvalue weighted by atomic mass is 10.1. The number of hydrogen-bond acceptors (Lipinski definition) is 2. The van der Waals surface area contributed by atoms with Crippen LogP contribution >= 0.6 is 0 Å². The van der Waals surface area contributed by atoms with E-state index in [0.29, 0.717) is 6.10 Å². The Morgan fingerprint density at radius 3 is 2.67 bits per heavy atom. The first-order valence-corrected chi connectivity index (χ1v) is 4.45. The zero-order valence-electron chi connectivity index (χ0n) is 7.76. The van der Waals surface area contributed by atoms with Gasteiger partial charge in [-0.2, -0.15) is 0 Å². The van der Waals surface area contributed by atoms with Crippen molar-refractivity contribution < 1.29 is 4.74 Å². The van der Waals surface area contributed by atoms with Crippen LogP contribution in [0.15, 0.2) is 0 Å². The van der Waals surface area contributed by atoms with Crippen molar-refractivity contribution in [1.29, 1.82) is 0 Å². The van der Waals surface area contributed by atoms with Gasteiger partial charge in [0.2, 0.25) is 0 Å². The van der Waals surface area contributed by atoms with E-state index in [1.807, 2.05) is 7.05 Å². The van der Waals surface area contributed by atoms with Crippen LogP contribution in [0, 0.1) is 11.8 Å². The summed E-state index contributed by atoms with van der Waals surface area (Å²) in [7, 11) is 3.81. The summed E-state index contributed by atoms with van der Waals surface area (Å²) < 4.78 is 5.21. The third-order valence-corrected chi connectivity index (χ3v) is 2.57. The van der Waals surface area contributed by atoms with Crippen LogP contribution < -0.4 is 5.32 Å². The number of rotatable bonds is 5. The van der Waals surface area contributed by atoms with Gasteiger partial charge in [-0.05, 0) is 45.2 Å². The van der Waals surface area contributed by atoms with Gasteiger partial charge >= 0.3 is 0 Å². The van der Waals surface area contributed by atoms with Crippen molar-refractivity contribution in [2.75, 3.05) is 20.7 Å². The monoisotopic (exact) mass is 173 g/mol. The number of nitrogens with one attached hydrogen (secondary N) is 1. The van der Waals surface area contributed by atoms with E-state index in [1.165, 1.54) is 19.4 Å². The Bertz CT molecular complexity index is 116. The molecule has 0 aromatic heterocycles. The maximum Gasteiger partial charge on any atom is 0.0546 e. The fraction of sp³-hybridized carbons (Fsp3) is 1.00. The molecule has 1 aliphatic carbocycles. The molecule has 0 aliphatic heterocycles. The molecule has 0 heterocycles. The highest BCUT2D eigenvalue weighted by molar-refractivity contribution is 4.88. The minimum Gasteiger partial charge on any atom is -0.382 e. The summed E-state index contributed by atoms with van der Waals surface area (Å²) in [6, 6.07) is 0. The van der Waals surface area contributed by atoms with Crippen LogP contribution in [0.5, 0.6) is 0 Å². The number of methoxy groups -OCH3 is 1. The molecule has 0 bridgehead atoms. The highest BCUT2D eigenvalue weighted by Gasteiger charge is 2.36. The van der Waals surface area contributed by atoms with Gasteiger partial charge in [-0.1, -0.05) is 7.43 Å². The van der Waals surface area contributed by atoms with E-state index in [2.05, 4.69) is 12.2 Å². The summed E-state index contributed by atoms with van der Waals surface area (Å²) in [5.41, 5.74) is 0. The summed E-state index contributed by atoms with van der Waals surface area (Å²) in [5.74, 6) is 1.86. The van der Waals surface area contributed by atoms with Crippen LogP contribution in [-0.2, 0) is 4.74 Å². The van der Waals surface area contributed by atoms with Crippen molar-refractivity contribution in [2.24, 2.45) is 11.8 Å². The molecule has 2 nitrogen and oxygen atoms in total. The summed E-state index contributed by atoms with van der Waals surface area (Å²) in [6.45, 7) is 3.33. The summed E-state index contributed by atoms with van der Waals surface area (Å²) in [4.78, 5) is 0. The fourth-order valence-electron chi connectivity index (χ4n) is 1.63. The molecule has 12 heavy (non-hydrogen) atoms. The minimum atomic E-state index is 0. The van der Waals surface area contributed by atoms with Crippen molar-refractivity contribution in [3.05, 3.63) is 0 Å². The van der Waals surface area contributed by atoms with E-state index in [9.17, 15) is 0 Å². The number of ether oxygens (including phenoxy) is 1. The average molecular weight is 173 g/mol. The molecule has 0 aromatic rings. The second kappa shape index (κ2) is 5.55. The van der Waals surface area contributed by atoms with E-state index in [0.717, 1.165) is 11.8 Å². The molecular weight excluding hydrogens is 150 g/mol. The predicted octanol–water partition coefficient (Wildman–Crippen LogP) is 1.90. The Morgan fingerprint density at radius 2 is 2.17 bits per heavy atom. The minimum absolute atomic E-state index is 0. The first-order valence-electron chi connectivity index (χ1n) is 4.45. The highest BCUT2D eigenvalue weighted by atomic mass is 16.5. The van der Waals surface area contributed by atoms with Gasteiger partial charge in [0, 0.05) is 7.11 Å². The molecule has 0 unspecified atom stereocenters. The molecular formula is C10H23NO. The Hall–Kier alpha value is -0.0800. The molecule has 1 N–H and O–H groups in total. The zero-order chi connectivity index (χ0) is 8.27. The van der Waals surface area contributed by atoms with E-state index in [1.54, 1.807) is 7.11 Å². The molecule has 1 saturated carbocycles. The quantitative estimate of drug-likeness (QED) is 0.685. The zero-order valence-corrected chi connectivity index (χ0v) is 7.76. The molecule has 0 amide bonds. The third-order valence-electron chi connectivity index (χ3n) is 2.57. The fourth-order valence-corrected chi connectivity index (χ4v) is 1.63. The van der Waals surface area contributed by atoms with Gasteiger partial charge in [-0.3, -0.25) is 0 Å². The van der Waals surface area contributed by atoms with Gasteiger partial charge in [0.1, 0.15) is 0 Å². The van der Waals surface area contributed by atoms with Crippen LogP contribution in [0.1, 0.15) is 27.2 Å². The van der Waals surface area contributed by atoms with Crippen molar-refractivity contribution in [3.63, 3.8) is 0 Å². The van der Waals surface area contributed by atoms with Crippen molar-refractivity contribution >= 4 is 0 Å². The Balaban J connectivity index is 0.00000121. The lowest BCUT2D eigenvalue weighted by Gasteiger charge is -2.07. The molecule has 0 saturated heterocycles. The van der Waals surface area contributed by atoms with Gasteiger partial charge in [-0.15, -0.1) is 0 Å². The van der Waals surface area contributed by atoms with Crippen LogP contribution in [0.2, 0.25) is 0 Å². The Labute approximate surface area is 76.7 Å². The van der Waals surface area contributed by atoms with Gasteiger partial charge in [0.25, 0.3) is 0 Å². The summed E-state index contributed by atoms with van der Waals surface area (Å²) in [5, 5.41) is 3.21. The first kappa shape index (κ1) is 11.9. The average Bonchev–Trinajstić information content (AvgIpc) is 2.69. The van der Waals surface area contributed by atoms with Gasteiger partial charge in [0.15, 0.2) is 0 Å². The van der Waals surface area contributed by atoms with Gasteiger partial charge in [-0.25, -0.2) is 0 Å². The second-order valence-electron chi connectivity index (χ2n) is 3.60. The lowest BCUT2D eigenvalue weighted by Crippen LogP contribution is -2.12. The smallest absolute Gasteiger partial charge is 0.0546 e. The summed E-state index contributed by atoms with van der Waals surface area (Å²) >= 11 is 0. The van der Waals surface area contributed by atoms with Crippen molar-refractivity contribution in [3.8, 4) is 0 Å². The largest absolute Gasteiger partial charge is 0.382 e. The molecule has 0 radical (unpaired) electrons. The molecule has 1 aliphatic rings. The Morgan fingerprint density at radius 1 is 1.50 bits per heavy atom. The lowest BCUT2D eigenvalue weighted by molar-refractivity contribution is 0.104.